The van der Waals surface area contributed by atoms with Gasteiger partial charge in [0.2, 0.25) is 0 Å². The molecule has 0 radical (unpaired) electrons. The molecule has 0 aromatic carbocycles. The molecule has 0 spiro atoms. The average Bonchev–Trinajstić information content (AvgIpc) is 2.06. The second-order valence-corrected chi connectivity index (χ2v) is 2.12. The summed E-state index contributed by atoms with van der Waals surface area (Å²) < 4.78 is 0. The van der Waals surface area contributed by atoms with Crippen molar-refractivity contribution in [3.05, 3.63) is 49.3 Å². The largest absolute Gasteiger partial charge is 0.508 e. The van der Waals surface area contributed by atoms with E-state index in [1.807, 2.05) is 0 Å². The fourth-order valence-corrected chi connectivity index (χ4v) is 0.301. The summed E-state index contributed by atoms with van der Waals surface area (Å²) in [4.78, 5) is 0. The highest BCUT2D eigenvalue weighted by atomic mass is 16.3. The Bertz CT molecular complexity index is 164. The SMILES string of the molecule is C=C/C=C\C=C(\O)C=C.CCC. The van der Waals surface area contributed by atoms with E-state index in [2.05, 4.69) is 27.0 Å². The molecule has 0 aromatic heterocycles. The van der Waals surface area contributed by atoms with Gasteiger partial charge in [-0.15, -0.1) is 0 Å². The minimum Gasteiger partial charge on any atom is -0.508 e. The Labute approximate surface area is 75.4 Å². The van der Waals surface area contributed by atoms with Crippen LogP contribution in [0, 0.1) is 0 Å². The van der Waals surface area contributed by atoms with E-state index in [0.29, 0.717) is 0 Å². The molecule has 0 atom stereocenters. The summed E-state index contributed by atoms with van der Waals surface area (Å²) in [5.74, 6) is 0.160. The molecule has 0 aliphatic heterocycles. The van der Waals surface area contributed by atoms with E-state index in [4.69, 9.17) is 5.11 Å². The number of aliphatic hydroxyl groups excluding tert-OH is 1. The van der Waals surface area contributed by atoms with Crippen molar-refractivity contribution in [1.29, 1.82) is 0 Å². The zero-order chi connectivity index (χ0) is 9.82. The van der Waals surface area contributed by atoms with Crippen molar-refractivity contribution in [3.63, 3.8) is 0 Å². The predicted octanol–water partition coefficient (Wildman–Crippen LogP) is 3.77. The lowest BCUT2D eigenvalue weighted by Crippen LogP contribution is -1.67. The average molecular weight is 166 g/mol. The van der Waals surface area contributed by atoms with Crippen LogP contribution < -0.4 is 0 Å². The van der Waals surface area contributed by atoms with Crippen LogP contribution in [0.1, 0.15) is 20.3 Å². The second kappa shape index (κ2) is 12.4. The fraction of sp³-hybridized carbons (Fsp3) is 0.273. The molecule has 68 valence electrons. The quantitative estimate of drug-likeness (QED) is 0.499. The molecular formula is C11H18O. The molecule has 1 nitrogen and oxygen atoms in total. The van der Waals surface area contributed by atoms with Crippen molar-refractivity contribution >= 4 is 0 Å². The molecule has 0 aliphatic carbocycles. The van der Waals surface area contributed by atoms with E-state index in [0.717, 1.165) is 0 Å². The van der Waals surface area contributed by atoms with Crippen molar-refractivity contribution in [2.75, 3.05) is 0 Å². The maximum atomic E-state index is 8.74. The van der Waals surface area contributed by atoms with Crippen LogP contribution in [0.15, 0.2) is 49.3 Å². The second-order valence-electron chi connectivity index (χ2n) is 2.12. The first-order valence-electron chi connectivity index (χ1n) is 4.03. The van der Waals surface area contributed by atoms with Gasteiger partial charge in [-0.3, -0.25) is 0 Å². The zero-order valence-electron chi connectivity index (χ0n) is 7.96. The van der Waals surface area contributed by atoms with E-state index in [9.17, 15) is 0 Å². The van der Waals surface area contributed by atoms with Crippen LogP contribution in [0.5, 0.6) is 0 Å². The lowest BCUT2D eigenvalue weighted by molar-refractivity contribution is 0.433. The van der Waals surface area contributed by atoms with E-state index in [-0.39, 0.29) is 5.76 Å². The summed E-state index contributed by atoms with van der Waals surface area (Å²) in [7, 11) is 0. The van der Waals surface area contributed by atoms with E-state index in [1.165, 1.54) is 18.6 Å². The van der Waals surface area contributed by atoms with Gasteiger partial charge in [-0.2, -0.15) is 0 Å². The van der Waals surface area contributed by atoms with Crippen LogP contribution in [-0.4, -0.2) is 5.11 Å². The van der Waals surface area contributed by atoms with Crippen LogP contribution in [0.2, 0.25) is 0 Å². The highest BCUT2D eigenvalue weighted by Crippen LogP contribution is 1.88. The Kier molecular flexibility index (Phi) is 13.8. The first-order chi connectivity index (χ1) is 5.72. The molecule has 0 aromatic rings. The summed E-state index contributed by atoms with van der Waals surface area (Å²) in [5.41, 5.74) is 0. The van der Waals surface area contributed by atoms with E-state index >= 15 is 0 Å². The molecule has 0 amide bonds. The third-order valence-corrected chi connectivity index (χ3v) is 0.723. The monoisotopic (exact) mass is 166 g/mol. The van der Waals surface area contributed by atoms with Crippen molar-refractivity contribution in [3.8, 4) is 0 Å². The highest BCUT2D eigenvalue weighted by molar-refractivity contribution is 5.17. The molecule has 0 rings (SSSR count). The first-order valence-corrected chi connectivity index (χ1v) is 4.03. The lowest BCUT2D eigenvalue weighted by Gasteiger charge is -1.81. The fourth-order valence-electron chi connectivity index (χ4n) is 0.301. The van der Waals surface area contributed by atoms with Gasteiger partial charge in [0.1, 0.15) is 5.76 Å². The van der Waals surface area contributed by atoms with Crippen LogP contribution in [-0.2, 0) is 0 Å². The van der Waals surface area contributed by atoms with Gasteiger partial charge in [0, 0.05) is 0 Å². The van der Waals surface area contributed by atoms with Gasteiger partial charge >= 0.3 is 0 Å². The number of hydrogen-bond acceptors (Lipinski definition) is 1. The smallest absolute Gasteiger partial charge is 0.114 e. The number of rotatable bonds is 3. The number of aliphatic hydroxyl groups is 1. The molecule has 0 saturated carbocycles. The Balaban J connectivity index is 0. The molecule has 0 aliphatic rings. The van der Waals surface area contributed by atoms with Gasteiger partial charge in [-0.1, -0.05) is 51.7 Å². The van der Waals surface area contributed by atoms with Crippen molar-refractivity contribution in [1.82, 2.24) is 0 Å². The molecule has 0 bridgehead atoms. The van der Waals surface area contributed by atoms with Gasteiger partial charge < -0.3 is 5.11 Å². The predicted molar refractivity (Wildman–Crippen MR) is 56.2 cm³/mol. The van der Waals surface area contributed by atoms with Crippen LogP contribution in [0.25, 0.3) is 0 Å². The van der Waals surface area contributed by atoms with Gasteiger partial charge in [0.25, 0.3) is 0 Å². The first kappa shape index (κ1) is 13.4. The highest BCUT2D eigenvalue weighted by Gasteiger charge is 1.73. The maximum absolute atomic E-state index is 8.74. The van der Waals surface area contributed by atoms with Gasteiger partial charge in [0.15, 0.2) is 0 Å². The molecule has 0 fully saturated rings. The summed E-state index contributed by atoms with van der Waals surface area (Å²) in [6, 6.07) is 0. The normalized spacial score (nSPS) is 10.3. The molecular weight excluding hydrogens is 148 g/mol. The number of hydrogen-bond donors (Lipinski definition) is 1. The summed E-state index contributed by atoms with van der Waals surface area (Å²) >= 11 is 0. The molecule has 1 heteroatoms. The Hall–Kier alpha value is -1.24. The van der Waals surface area contributed by atoms with Gasteiger partial charge in [-0.05, 0) is 12.2 Å². The van der Waals surface area contributed by atoms with Crippen molar-refractivity contribution < 1.29 is 5.11 Å². The zero-order valence-corrected chi connectivity index (χ0v) is 7.96. The molecule has 0 saturated heterocycles. The van der Waals surface area contributed by atoms with Gasteiger partial charge in [-0.25, -0.2) is 0 Å². The summed E-state index contributed by atoms with van der Waals surface area (Å²) in [6.45, 7) is 11.1. The minimum absolute atomic E-state index is 0.160. The summed E-state index contributed by atoms with van der Waals surface area (Å²) in [6.07, 6.45) is 9.19. The third-order valence-electron chi connectivity index (χ3n) is 0.723. The molecule has 1 N–H and O–H groups in total. The minimum atomic E-state index is 0.160. The van der Waals surface area contributed by atoms with E-state index in [1.54, 1.807) is 18.2 Å². The Morgan fingerprint density at radius 1 is 1.25 bits per heavy atom. The number of allylic oxidation sites excluding steroid dienone is 5. The standard InChI is InChI=1S/C8H10O.C3H8/c1-3-5-6-7-8(9)4-2;1-3-2/h3-7,9H,1-2H2;3H2,1-2H3/b6-5-,8-7+;. The van der Waals surface area contributed by atoms with Crippen LogP contribution in [0.3, 0.4) is 0 Å². The van der Waals surface area contributed by atoms with E-state index < -0.39 is 0 Å². The van der Waals surface area contributed by atoms with Crippen molar-refractivity contribution in [2.24, 2.45) is 0 Å². The van der Waals surface area contributed by atoms with Crippen LogP contribution in [0.4, 0.5) is 0 Å². The lowest BCUT2D eigenvalue weighted by atomic mass is 10.4. The Morgan fingerprint density at radius 3 is 2.08 bits per heavy atom. The third kappa shape index (κ3) is 15.9. The topological polar surface area (TPSA) is 20.2 Å². The Morgan fingerprint density at radius 2 is 1.75 bits per heavy atom. The maximum Gasteiger partial charge on any atom is 0.114 e. The van der Waals surface area contributed by atoms with Gasteiger partial charge in [0.05, 0.1) is 0 Å². The molecule has 0 unspecified atom stereocenters. The van der Waals surface area contributed by atoms with Crippen molar-refractivity contribution in [2.45, 2.75) is 20.3 Å². The van der Waals surface area contributed by atoms with Crippen LogP contribution >= 0.6 is 0 Å². The summed E-state index contributed by atoms with van der Waals surface area (Å²) in [5, 5.41) is 8.74. The molecule has 12 heavy (non-hydrogen) atoms. The molecule has 0 heterocycles.